The van der Waals surface area contributed by atoms with Crippen LogP contribution in [0.15, 0.2) is 72.1 Å². The number of hydrogen-bond donors (Lipinski definition) is 1. The van der Waals surface area contributed by atoms with Crippen molar-refractivity contribution in [2.45, 2.75) is 0 Å². The van der Waals surface area contributed by atoms with E-state index in [1.807, 2.05) is 23.6 Å². The van der Waals surface area contributed by atoms with Gasteiger partial charge in [0.1, 0.15) is 23.0 Å². The van der Waals surface area contributed by atoms with Crippen LogP contribution in [-0.2, 0) is 9.53 Å². The molecule has 0 unspecified atom stereocenters. The Morgan fingerprint density at radius 2 is 1.74 bits per heavy atom. The van der Waals surface area contributed by atoms with Crippen LogP contribution in [0, 0.1) is 11.6 Å². The number of halogens is 2. The van der Waals surface area contributed by atoms with Crippen molar-refractivity contribution in [2.24, 2.45) is 0 Å². The number of carbonyl (C=O) groups is 2. The standard InChI is InChI=1S/C22H15F2N3O3S/c23-15-8-4-9-16(24)21(15)25-20(28)13-30-22(29)18-12-17(19-10-5-11-31-19)26-27(18)14-6-2-1-3-7-14/h1-12H,13H2,(H,25,28). The number of amides is 1. The van der Waals surface area contributed by atoms with E-state index in [9.17, 15) is 18.4 Å². The van der Waals surface area contributed by atoms with Crippen LogP contribution in [0.2, 0.25) is 0 Å². The first-order chi connectivity index (χ1) is 15.0. The maximum Gasteiger partial charge on any atom is 0.357 e. The Kier molecular flexibility index (Phi) is 5.85. The largest absolute Gasteiger partial charge is 0.451 e. The number of esters is 1. The highest BCUT2D eigenvalue weighted by Gasteiger charge is 2.21. The Balaban J connectivity index is 1.53. The first-order valence-electron chi connectivity index (χ1n) is 9.13. The summed E-state index contributed by atoms with van der Waals surface area (Å²) in [5, 5.41) is 8.45. The van der Waals surface area contributed by atoms with Gasteiger partial charge < -0.3 is 10.1 Å². The fraction of sp³-hybridized carbons (Fsp3) is 0.0455. The molecule has 1 N–H and O–H groups in total. The molecule has 0 saturated carbocycles. The van der Waals surface area contributed by atoms with Crippen molar-refractivity contribution in [1.82, 2.24) is 9.78 Å². The fourth-order valence-corrected chi connectivity index (χ4v) is 3.52. The molecule has 0 saturated heterocycles. The minimum Gasteiger partial charge on any atom is -0.451 e. The van der Waals surface area contributed by atoms with Crippen LogP contribution in [0.3, 0.4) is 0 Å². The van der Waals surface area contributed by atoms with Crippen LogP contribution in [0.4, 0.5) is 14.5 Å². The molecule has 4 aromatic rings. The number of para-hydroxylation sites is 2. The van der Waals surface area contributed by atoms with Crippen LogP contribution >= 0.6 is 11.3 Å². The molecule has 9 heteroatoms. The van der Waals surface area contributed by atoms with Gasteiger partial charge >= 0.3 is 5.97 Å². The zero-order valence-electron chi connectivity index (χ0n) is 15.9. The summed E-state index contributed by atoms with van der Waals surface area (Å²) < 4.78 is 33.9. The predicted molar refractivity (Wildman–Crippen MR) is 112 cm³/mol. The molecule has 4 rings (SSSR count). The summed E-state index contributed by atoms with van der Waals surface area (Å²) in [5.41, 5.74) is 0.719. The first-order valence-corrected chi connectivity index (χ1v) is 10.0. The van der Waals surface area contributed by atoms with Gasteiger partial charge in [0.15, 0.2) is 12.3 Å². The van der Waals surface area contributed by atoms with Gasteiger partial charge in [-0.3, -0.25) is 4.79 Å². The molecule has 0 radical (unpaired) electrons. The molecule has 1 amide bonds. The summed E-state index contributed by atoms with van der Waals surface area (Å²) in [5.74, 6) is -3.53. The van der Waals surface area contributed by atoms with E-state index < -0.39 is 35.8 Å². The average molecular weight is 439 g/mol. The number of anilines is 1. The number of benzene rings is 2. The van der Waals surface area contributed by atoms with E-state index >= 15 is 0 Å². The minimum absolute atomic E-state index is 0.111. The molecule has 6 nitrogen and oxygen atoms in total. The van der Waals surface area contributed by atoms with Gasteiger partial charge in [-0.15, -0.1) is 11.3 Å². The van der Waals surface area contributed by atoms with Gasteiger partial charge in [0, 0.05) is 6.07 Å². The van der Waals surface area contributed by atoms with Gasteiger partial charge in [0.05, 0.1) is 10.6 Å². The van der Waals surface area contributed by atoms with Gasteiger partial charge in [-0.25, -0.2) is 18.3 Å². The Morgan fingerprint density at radius 3 is 2.42 bits per heavy atom. The summed E-state index contributed by atoms with van der Waals surface area (Å²) >= 11 is 1.46. The Morgan fingerprint density at radius 1 is 1.00 bits per heavy atom. The van der Waals surface area contributed by atoms with Crippen molar-refractivity contribution in [2.75, 3.05) is 11.9 Å². The third-order valence-electron chi connectivity index (χ3n) is 4.25. The third-order valence-corrected chi connectivity index (χ3v) is 5.15. The molecule has 0 atom stereocenters. The van der Waals surface area contributed by atoms with Crippen molar-refractivity contribution < 1.29 is 23.1 Å². The molecule has 0 aliphatic rings. The summed E-state index contributed by atoms with van der Waals surface area (Å²) in [6.07, 6.45) is 0. The third kappa shape index (κ3) is 4.51. The van der Waals surface area contributed by atoms with Gasteiger partial charge in [0.2, 0.25) is 0 Å². The van der Waals surface area contributed by atoms with Gasteiger partial charge in [0.25, 0.3) is 5.91 Å². The summed E-state index contributed by atoms with van der Waals surface area (Å²) in [7, 11) is 0. The minimum atomic E-state index is -0.928. The van der Waals surface area contributed by atoms with Crippen LogP contribution in [0.5, 0.6) is 0 Å². The van der Waals surface area contributed by atoms with Crippen molar-refractivity contribution in [3.8, 4) is 16.3 Å². The molecular weight excluding hydrogens is 424 g/mol. The molecule has 0 spiro atoms. The van der Waals surface area contributed by atoms with E-state index in [4.69, 9.17) is 4.74 Å². The second-order valence-corrected chi connectivity index (χ2v) is 7.31. The number of ether oxygens (including phenoxy) is 1. The molecule has 31 heavy (non-hydrogen) atoms. The molecule has 156 valence electrons. The molecule has 2 heterocycles. The average Bonchev–Trinajstić information content (AvgIpc) is 3.45. The Hall–Kier alpha value is -3.85. The summed E-state index contributed by atoms with van der Waals surface area (Å²) in [4.78, 5) is 25.6. The lowest BCUT2D eigenvalue weighted by Crippen LogP contribution is -2.23. The number of nitrogens with one attached hydrogen (secondary N) is 1. The van der Waals surface area contributed by atoms with Crippen LogP contribution < -0.4 is 5.32 Å². The second-order valence-electron chi connectivity index (χ2n) is 6.36. The highest BCUT2D eigenvalue weighted by atomic mass is 32.1. The molecule has 0 aliphatic heterocycles. The molecule has 2 aromatic carbocycles. The number of carbonyl (C=O) groups excluding carboxylic acids is 2. The lowest BCUT2D eigenvalue weighted by molar-refractivity contribution is -0.119. The lowest BCUT2D eigenvalue weighted by Gasteiger charge is -2.09. The maximum absolute atomic E-state index is 13.7. The van der Waals surface area contributed by atoms with Gasteiger partial charge in [-0.2, -0.15) is 5.10 Å². The quantitative estimate of drug-likeness (QED) is 0.443. The molecule has 2 aromatic heterocycles. The number of rotatable bonds is 6. The SMILES string of the molecule is O=C(COC(=O)c1cc(-c2cccs2)nn1-c1ccccc1)Nc1c(F)cccc1F. The lowest BCUT2D eigenvalue weighted by atomic mass is 10.3. The zero-order chi connectivity index (χ0) is 21.8. The van der Waals surface area contributed by atoms with Crippen LogP contribution in [0.1, 0.15) is 10.5 Å². The second kappa shape index (κ2) is 8.88. The fourth-order valence-electron chi connectivity index (χ4n) is 2.84. The van der Waals surface area contributed by atoms with Gasteiger partial charge in [-0.05, 0) is 35.7 Å². The van der Waals surface area contributed by atoms with E-state index in [0.717, 1.165) is 17.0 Å². The number of hydrogen-bond acceptors (Lipinski definition) is 5. The Bertz CT molecular complexity index is 1200. The van der Waals surface area contributed by atoms with Crippen molar-refractivity contribution in [3.05, 3.63) is 89.4 Å². The number of aromatic nitrogens is 2. The monoisotopic (exact) mass is 439 g/mol. The normalized spacial score (nSPS) is 10.6. The topological polar surface area (TPSA) is 73.2 Å². The van der Waals surface area contributed by atoms with Gasteiger partial charge in [-0.1, -0.05) is 30.3 Å². The molecule has 0 bridgehead atoms. The van der Waals surface area contributed by atoms with Crippen molar-refractivity contribution in [3.63, 3.8) is 0 Å². The molecular formula is C22H15F2N3O3S. The number of nitrogens with zero attached hydrogens (tertiary/aromatic N) is 2. The summed E-state index contributed by atoms with van der Waals surface area (Å²) in [6.45, 7) is -0.721. The van der Waals surface area contributed by atoms with Crippen LogP contribution in [-0.4, -0.2) is 28.3 Å². The van der Waals surface area contributed by atoms with E-state index in [-0.39, 0.29) is 5.69 Å². The van der Waals surface area contributed by atoms with Crippen molar-refractivity contribution >= 4 is 28.9 Å². The first kappa shape index (κ1) is 20.4. The smallest absolute Gasteiger partial charge is 0.357 e. The molecule has 0 aliphatic carbocycles. The van der Waals surface area contributed by atoms with E-state index in [0.29, 0.717) is 11.4 Å². The molecule has 0 fully saturated rings. The van der Waals surface area contributed by atoms with Crippen LogP contribution in [0.25, 0.3) is 16.3 Å². The highest BCUT2D eigenvalue weighted by molar-refractivity contribution is 7.13. The van der Waals surface area contributed by atoms with E-state index in [1.165, 1.54) is 22.1 Å². The Labute approximate surface area is 179 Å². The van der Waals surface area contributed by atoms with E-state index in [1.54, 1.807) is 30.3 Å². The number of thiophene rings is 1. The maximum atomic E-state index is 13.7. The highest BCUT2D eigenvalue weighted by Crippen LogP contribution is 2.26. The van der Waals surface area contributed by atoms with E-state index in [2.05, 4.69) is 10.4 Å². The zero-order valence-corrected chi connectivity index (χ0v) is 16.7. The predicted octanol–water partition coefficient (Wildman–Crippen LogP) is 4.67. The summed E-state index contributed by atoms with van der Waals surface area (Å²) in [6, 6.07) is 17.5. The van der Waals surface area contributed by atoms with Crippen molar-refractivity contribution in [1.29, 1.82) is 0 Å².